The zero-order chi connectivity index (χ0) is 10.2. The minimum Gasteiger partial charge on any atom is -0.205 e. The van der Waals surface area contributed by atoms with Crippen molar-refractivity contribution in [3.8, 4) is 0 Å². The highest BCUT2D eigenvalue weighted by Gasteiger charge is 2.24. The first kappa shape index (κ1) is 11.4. The molecule has 0 amide bonds. The molecule has 0 atom stereocenters. The largest absolute Gasteiger partial charge is 0.205 e. The molecule has 1 rings (SSSR count). The van der Waals surface area contributed by atoms with Crippen LogP contribution in [0, 0.1) is 5.82 Å². The monoisotopic (exact) mass is 260 g/mol. The van der Waals surface area contributed by atoms with Crippen LogP contribution in [0.4, 0.5) is 4.39 Å². The van der Waals surface area contributed by atoms with Crippen LogP contribution >= 0.6 is 46.4 Å². The third-order valence-electron chi connectivity index (χ3n) is 1.48. The van der Waals surface area contributed by atoms with Gasteiger partial charge in [0, 0.05) is 10.6 Å². The van der Waals surface area contributed by atoms with Crippen molar-refractivity contribution in [2.75, 3.05) is 0 Å². The van der Waals surface area contributed by atoms with Gasteiger partial charge in [0.05, 0.1) is 5.02 Å². The van der Waals surface area contributed by atoms with Crippen LogP contribution in [0.2, 0.25) is 10.0 Å². The Labute approximate surface area is 95.5 Å². The van der Waals surface area contributed by atoms with Crippen molar-refractivity contribution < 1.29 is 4.39 Å². The molecule has 0 unspecified atom stereocenters. The molecule has 13 heavy (non-hydrogen) atoms. The van der Waals surface area contributed by atoms with Crippen LogP contribution in [-0.2, 0) is 4.33 Å². The van der Waals surface area contributed by atoms with E-state index in [1.165, 1.54) is 13.0 Å². The van der Waals surface area contributed by atoms with E-state index in [9.17, 15) is 4.39 Å². The molecule has 0 bridgehead atoms. The van der Waals surface area contributed by atoms with Crippen LogP contribution in [0.3, 0.4) is 0 Å². The van der Waals surface area contributed by atoms with Crippen LogP contribution in [0.25, 0.3) is 0 Å². The zero-order valence-corrected chi connectivity index (χ0v) is 9.57. The standard InChI is InChI=1S/C8H5Cl4F/c1-8(11,12)4-2-7(13)6(10)3-5(4)9/h2-3H,1H3. The van der Waals surface area contributed by atoms with Crippen LogP contribution in [0.15, 0.2) is 12.1 Å². The summed E-state index contributed by atoms with van der Waals surface area (Å²) in [6, 6.07) is 2.40. The normalized spacial score (nSPS) is 11.8. The van der Waals surface area contributed by atoms with E-state index in [2.05, 4.69) is 0 Å². The van der Waals surface area contributed by atoms with Crippen LogP contribution in [-0.4, -0.2) is 0 Å². The fourth-order valence-corrected chi connectivity index (χ4v) is 1.84. The Hall–Kier alpha value is 0.310. The molecular weight excluding hydrogens is 257 g/mol. The van der Waals surface area contributed by atoms with Crippen LogP contribution in [0.1, 0.15) is 12.5 Å². The summed E-state index contributed by atoms with van der Waals surface area (Å²) in [5.74, 6) is -0.589. The molecule has 0 nitrogen and oxygen atoms in total. The lowest BCUT2D eigenvalue weighted by molar-refractivity contribution is 0.625. The topological polar surface area (TPSA) is 0 Å². The Morgan fingerprint density at radius 1 is 1.15 bits per heavy atom. The number of hydrogen-bond acceptors (Lipinski definition) is 0. The molecule has 0 aliphatic rings. The van der Waals surface area contributed by atoms with Crippen molar-refractivity contribution >= 4 is 46.4 Å². The fraction of sp³-hybridized carbons (Fsp3) is 0.250. The molecule has 0 saturated carbocycles. The molecule has 0 radical (unpaired) electrons. The second kappa shape index (κ2) is 3.82. The summed E-state index contributed by atoms with van der Waals surface area (Å²) < 4.78 is 11.8. The van der Waals surface area contributed by atoms with Crippen molar-refractivity contribution in [1.82, 2.24) is 0 Å². The van der Waals surface area contributed by atoms with Gasteiger partial charge in [0.25, 0.3) is 0 Å². The minimum absolute atomic E-state index is 0.0497. The summed E-state index contributed by atoms with van der Waals surface area (Å²) in [5, 5.41) is 0.199. The lowest BCUT2D eigenvalue weighted by atomic mass is 10.1. The second-order valence-electron chi connectivity index (χ2n) is 2.63. The van der Waals surface area contributed by atoms with Gasteiger partial charge in [-0.3, -0.25) is 0 Å². The van der Waals surface area contributed by atoms with E-state index in [4.69, 9.17) is 46.4 Å². The van der Waals surface area contributed by atoms with Gasteiger partial charge in [-0.15, -0.1) is 0 Å². The van der Waals surface area contributed by atoms with Crippen molar-refractivity contribution in [1.29, 1.82) is 0 Å². The van der Waals surface area contributed by atoms with E-state index in [1.54, 1.807) is 0 Å². The van der Waals surface area contributed by atoms with Gasteiger partial charge in [-0.25, -0.2) is 4.39 Å². The molecule has 0 aromatic heterocycles. The lowest BCUT2D eigenvalue weighted by Crippen LogP contribution is -2.05. The van der Waals surface area contributed by atoms with E-state index in [0.717, 1.165) is 6.07 Å². The molecule has 0 spiro atoms. The van der Waals surface area contributed by atoms with Crippen molar-refractivity contribution in [2.24, 2.45) is 0 Å². The Balaban J connectivity index is 3.32. The number of hydrogen-bond donors (Lipinski definition) is 0. The predicted molar refractivity (Wildman–Crippen MR) is 55.5 cm³/mol. The lowest BCUT2D eigenvalue weighted by Gasteiger charge is -2.15. The molecular formula is C8H5Cl4F. The molecule has 0 saturated heterocycles. The maximum absolute atomic E-state index is 13.0. The van der Waals surface area contributed by atoms with Gasteiger partial charge < -0.3 is 0 Å². The summed E-state index contributed by atoms with van der Waals surface area (Å²) in [6.45, 7) is 1.50. The van der Waals surface area contributed by atoms with Gasteiger partial charge in [0.15, 0.2) is 0 Å². The molecule has 0 N–H and O–H groups in total. The molecule has 0 aliphatic carbocycles. The number of rotatable bonds is 1. The highest BCUT2D eigenvalue weighted by Crippen LogP contribution is 2.39. The Kier molecular flexibility index (Phi) is 3.34. The van der Waals surface area contributed by atoms with E-state index < -0.39 is 10.2 Å². The quantitative estimate of drug-likeness (QED) is 0.504. The van der Waals surface area contributed by atoms with Gasteiger partial charge >= 0.3 is 0 Å². The minimum atomic E-state index is -1.22. The highest BCUT2D eigenvalue weighted by atomic mass is 35.5. The number of halogens is 5. The second-order valence-corrected chi connectivity index (χ2v) is 5.15. The first-order valence-corrected chi connectivity index (χ1v) is 4.86. The molecule has 1 aromatic carbocycles. The van der Waals surface area contributed by atoms with Crippen LogP contribution < -0.4 is 0 Å². The third kappa shape index (κ3) is 2.63. The molecule has 72 valence electrons. The van der Waals surface area contributed by atoms with Gasteiger partial charge in [0.1, 0.15) is 10.2 Å². The average Bonchev–Trinajstić information content (AvgIpc) is 1.94. The smallest absolute Gasteiger partial charge is 0.142 e. The summed E-state index contributed by atoms with van der Waals surface area (Å²) >= 11 is 22.8. The first-order chi connectivity index (χ1) is 5.82. The Bertz CT molecular complexity index is 330. The number of benzene rings is 1. The maximum Gasteiger partial charge on any atom is 0.142 e. The van der Waals surface area contributed by atoms with Gasteiger partial charge in [-0.1, -0.05) is 46.4 Å². The average molecular weight is 262 g/mol. The first-order valence-electron chi connectivity index (χ1n) is 3.35. The highest BCUT2D eigenvalue weighted by molar-refractivity contribution is 6.49. The summed E-state index contributed by atoms with van der Waals surface area (Å²) in [6.07, 6.45) is 0. The summed E-state index contributed by atoms with van der Waals surface area (Å²) in [5.41, 5.74) is 0.305. The maximum atomic E-state index is 13.0. The Morgan fingerprint density at radius 2 is 1.69 bits per heavy atom. The van der Waals surface area contributed by atoms with E-state index in [1.807, 2.05) is 0 Å². The molecule has 1 aromatic rings. The fourth-order valence-electron chi connectivity index (χ4n) is 0.859. The summed E-state index contributed by atoms with van der Waals surface area (Å²) in [4.78, 5) is 0. The number of alkyl halides is 2. The summed E-state index contributed by atoms with van der Waals surface area (Å²) in [7, 11) is 0. The zero-order valence-electron chi connectivity index (χ0n) is 6.54. The van der Waals surface area contributed by atoms with E-state index in [0.29, 0.717) is 5.56 Å². The molecule has 0 aliphatic heterocycles. The molecule has 0 fully saturated rings. The van der Waals surface area contributed by atoms with Gasteiger partial charge in [0.2, 0.25) is 0 Å². The third-order valence-corrected chi connectivity index (χ3v) is 2.49. The van der Waals surface area contributed by atoms with E-state index in [-0.39, 0.29) is 10.0 Å². The molecule has 5 heteroatoms. The van der Waals surface area contributed by atoms with Crippen molar-refractivity contribution in [3.63, 3.8) is 0 Å². The van der Waals surface area contributed by atoms with Gasteiger partial charge in [-0.2, -0.15) is 0 Å². The van der Waals surface area contributed by atoms with Crippen LogP contribution in [0.5, 0.6) is 0 Å². The predicted octanol–water partition coefficient (Wildman–Crippen LogP) is 4.78. The van der Waals surface area contributed by atoms with Crippen molar-refractivity contribution in [2.45, 2.75) is 11.3 Å². The SMILES string of the molecule is CC(Cl)(Cl)c1cc(F)c(Cl)cc1Cl. The van der Waals surface area contributed by atoms with Gasteiger partial charge in [-0.05, 0) is 19.1 Å². The van der Waals surface area contributed by atoms with E-state index >= 15 is 0 Å². The Morgan fingerprint density at radius 3 is 2.15 bits per heavy atom. The molecule has 0 heterocycles. The van der Waals surface area contributed by atoms with Crippen molar-refractivity contribution in [3.05, 3.63) is 33.6 Å².